The number of aryl methyl sites for hydroxylation is 1. The quantitative estimate of drug-likeness (QED) is 0.764. The van der Waals surface area contributed by atoms with Crippen LogP contribution in [-0.2, 0) is 0 Å². The first-order valence-electron chi connectivity index (χ1n) is 6.09. The Morgan fingerprint density at radius 3 is 2.94 bits per heavy atom. The van der Waals surface area contributed by atoms with Gasteiger partial charge in [0.15, 0.2) is 0 Å². The summed E-state index contributed by atoms with van der Waals surface area (Å²) in [5, 5.41) is 16.4. The third kappa shape index (κ3) is 3.06. The molecule has 1 aromatic heterocycles. The van der Waals surface area contributed by atoms with Crippen LogP contribution in [-0.4, -0.2) is 28.3 Å². The van der Waals surface area contributed by atoms with E-state index in [1.54, 1.807) is 13.0 Å². The van der Waals surface area contributed by atoms with Crippen molar-refractivity contribution in [2.45, 2.75) is 51.2 Å². The number of aromatic nitrogens is 1. The van der Waals surface area contributed by atoms with Crippen molar-refractivity contribution in [3.63, 3.8) is 0 Å². The van der Waals surface area contributed by atoms with Gasteiger partial charge in [-0.25, -0.2) is 0 Å². The van der Waals surface area contributed by atoms with E-state index >= 15 is 0 Å². The van der Waals surface area contributed by atoms with Crippen molar-refractivity contribution in [2.24, 2.45) is 0 Å². The third-order valence-electron chi connectivity index (χ3n) is 3.15. The topological polar surface area (TPSA) is 75.4 Å². The van der Waals surface area contributed by atoms with Crippen molar-refractivity contribution >= 4 is 5.91 Å². The van der Waals surface area contributed by atoms with Gasteiger partial charge in [0.1, 0.15) is 0 Å². The highest BCUT2D eigenvalue weighted by Gasteiger charge is 2.24. The maximum atomic E-state index is 11.8. The van der Waals surface area contributed by atoms with Gasteiger partial charge in [0.25, 0.3) is 5.91 Å². The van der Waals surface area contributed by atoms with E-state index in [9.17, 15) is 9.90 Å². The van der Waals surface area contributed by atoms with Gasteiger partial charge in [0.2, 0.25) is 5.76 Å². The average Bonchev–Trinajstić information content (AvgIpc) is 2.63. The molecule has 1 aliphatic carbocycles. The fourth-order valence-corrected chi connectivity index (χ4v) is 2.17. The van der Waals surface area contributed by atoms with E-state index in [1.165, 1.54) is 0 Å². The van der Waals surface area contributed by atoms with Crippen molar-refractivity contribution in [3.05, 3.63) is 17.5 Å². The first-order chi connectivity index (χ1) is 8.16. The van der Waals surface area contributed by atoms with E-state index < -0.39 is 6.10 Å². The molecule has 5 heteroatoms. The Labute approximate surface area is 100 Å². The van der Waals surface area contributed by atoms with Gasteiger partial charge in [-0.15, -0.1) is 0 Å². The fourth-order valence-electron chi connectivity index (χ4n) is 2.17. The zero-order chi connectivity index (χ0) is 12.3. The lowest BCUT2D eigenvalue weighted by Crippen LogP contribution is -2.42. The molecular weight excluding hydrogens is 220 g/mol. The Hall–Kier alpha value is -1.36. The molecule has 1 aliphatic rings. The fraction of sp³-hybridized carbons (Fsp3) is 0.667. The minimum absolute atomic E-state index is 0.171. The molecule has 2 rings (SSSR count). The van der Waals surface area contributed by atoms with Gasteiger partial charge in [-0.05, 0) is 19.8 Å². The molecule has 0 saturated heterocycles. The molecule has 1 amide bonds. The molecule has 0 bridgehead atoms. The van der Waals surface area contributed by atoms with Gasteiger partial charge in [-0.3, -0.25) is 4.79 Å². The van der Waals surface area contributed by atoms with Crippen molar-refractivity contribution in [1.29, 1.82) is 0 Å². The molecule has 1 heterocycles. The lowest BCUT2D eigenvalue weighted by molar-refractivity contribution is 0.0786. The highest BCUT2D eigenvalue weighted by atomic mass is 16.5. The van der Waals surface area contributed by atoms with Crippen LogP contribution in [0.4, 0.5) is 0 Å². The van der Waals surface area contributed by atoms with E-state index in [4.69, 9.17) is 4.52 Å². The summed E-state index contributed by atoms with van der Waals surface area (Å²) in [6, 6.07) is 1.42. The number of aliphatic hydroxyl groups excluding tert-OH is 1. The highest BCUT2D eigenvalue weighted by molar-refractivity contribution is 5.91. The SMILES string of the molecule is Cc1cc(C(=O)NC2CCCCCC2O)on1. The minimum atomic E-state index is -0.453. The second kappa shape index (κ2) is 5.31. The Kier molecular flexibility index (Phi) is 3.78. The van der Waals surface area contributed by atoms with Crippen LogP contribution in [0.1, 0.15) is 48.4 Å². The second-order valence-electron chi connectivity index (χ2n) is 4.62. The number of amides is 1. The van der Waals surface area contributed by atoms with Crippen LogP contribution in [0.25, 0.3) is 0 Å². The lowest BCUT2D eigenvalue weighted by atomic mass is 10.1. The van der Waals surface area contributed by atoms with Crippen LogP contribution < -0.4 is 5.32 Å². The standard InChI is InChI=1S/C12H18N2O3/c1-8-7-11(17-14-8)12(16)13-9-5-3-2-4-6-10(9)15/h7,9-10,15H,2-6H2,1H3,(H,13,16). The smallest absolute Gasteiger partial charge is 0.290 e. The molecular formula is C12H18N2O3. The predicted octanol–water partition coefficient (Wildman–Crippen LogP) is 1.41. The molecule has 1 aromatic rings. The largest absolute Gasteiger partial charge is 0.391 e. The van der Waals surface area contributed by atoms with Gasteiger partial charge in [-0.2, -0.15) is 0 Å². The van der Waals surface area contributed by atoms with E-state index in [1.807, 2.05) is 0 Å². The van der Waals surface area contributed by atoms with E-state index in [-0.39, 0.29) is 17.7 Å². The summed E-state index contributed by atoms with van der Waals surface area (Å²) in [6.07, 6.45) is 4.29. The molecule has 0 aliphatic heterocycles. The van der Waals surface area contributed by atoms with Gasteiger partial charge in [0, 0.05) is 6.07 Å². The maximum Gasteiger partial charge on any atom is 0.290 e. The molecule has 0 radical (unpaired) electrons. The normalized spacial score (nSPS) is 25.3. The number of carbonyl (C=O) groups excluding carboxylic acids is 1. The zero-order valence-corrected chi connectivity index (χ0v) is 9.98. The second-order valence-corrected chi connectivity index (χ2v) is 4.62. The molecule has 0 spiro atoms. The van der Waals surface area contributed by atoms with Crippen LogP contribution in [0.5, 0.6) is 0 Å². The number of carbonyl (C=O) groups is 1. The van der Waals surface area contributed by atoms with Gasteiger partial charge >= 0.3 is 0 Å². The monoisotopic (exact) mass is 238 g/mol. The Bertz CT molecular complexity index is 389. The van der Waals surface area contributed by atoms with Gasteiger partial charge < -0.3 is 14.9 Å². The summed E-state index contributed by atoms with van der Waals surface area (Å²) in [6.45, 7) is 1.76. The Morgan fingerprint density at radius 2 is 2.24 bits per heavy atom. The number of hydrogen-bond acceptors (Lipinski definition) is 4. The van der Waals surface area contributed by atoms with E-state index in [0.717, 1.165) is 32.1 Å². The molecule has 0 aromatic carbocycles. The molecule has 2 N–H and O–H groups in total. The minimum Gasteiger partial charge on any atom is -0.391 e. The number of hydrogen-bond donors (Lipinski definition) is 2. The first kappa shape index (κ1) is 12.1. The number of nitrogens with zero attached hydrogens (tertiary/aromatic N) is 1. The van der Waals surface area contributed by atoms with E-state index in [2.05, 4.69) is 10.5 Å². The number of rotatable bonds is 2. The number of nitrogens with one attached hydrogen (secondary N) is 1. The summed E-state index contributed by atoms with van der Waals surface area (Å²) in [4.78, 5) is 11.8. The van der Waals surface area contributed by atoms with E-state index in [0.29, 0.717) is 5.69 Å². The van der Waals surface area contributed by atoms with Crippen molar-refractivity contribution < 1.29 is 14.4 Å². The third-order valence-corrected chi connectivity index (χ3v) is 3.15. The predicted molar refractivity (Wildman–Crippen MR) is 61.6 cm³/mol. The first-order valence-corrected chi connectivity index (χ1v) is 6.09. The molecule has 2 atom stereocenters. The summed E-state index contributed by atoms with van der Waals surface area (Å²) in [5.74, 6) is -0.0875. The summed E-state index contributed by atoms with van der Waals surface area (Å²) < 4.78 is 4.89. The summed E-state index contributed by atoms with van der Waals surface area (Å²) in [7, 11) is 0. The van der Waals surface area contributed by atoms with Gasteiger partial charge in [-0.1, -0.05) is 24.4 Å². The van der Waals surface area contributed by atoms with Crippen molar-refractivity contribution in [2.75, 3.05) is 0 Å². The molecule has 94 valence electrons. The maximum absolute atomic E-state index is 11.8. The summed E-state index contributed by atoms with van der Waals surface area (Å²) in [5.41, 5.74) is 0.677. The van der Waals surface area contributed by atoms with Crippen molar-refractivity contribution in [1.82, 2.24) is 10.5 Å². The van der Waals surface area contributed by atoms with Crippen LogP contribution in [0.3, 0.4) is 0 Å². The van der Waals surface area contributed by atoms with Crippen LogP contribution >= 0.6 is 0 Å². The van der Waals surface area contributed by atoms with Crippen LogP contribution in [0, 0.1) is 6.92 Å². The number of aliphatic hydroxyl groups is 1. The van der Waals surface area contributed by atoms with Crippen LogP contribution in [0.15, 0.2) is 10.6 Å². The average molecular weight is 238 g/mol. The zero-order valence-electron chi connectivity index (χ0n) is 9.98. The molecule has 1 saturated carbocycles. The molecule has 5 nitrogen and oxygen atoms in total. The molecule has 2 unspecified atom stereocenters. The molecule has 1 fully saturated rings. The lowest BCUT2D eigenvalue weighted by Gasteiger charge is -2.20. The van der Waals surface area contributed by atoms with Gasteiger partial charge in [0.05, 0.1) is 17.8 Å². The Balaban J connectivity index is 1.97. The highest BCUT2D eigenvalue weighted by Crippen LogP contribution is 2.18. The molecule has 17 heavy (non-hydrogen) atoms. The Morgan fingerprint density at radius 1 is 1.47 bits per heavy atom. The summed E-state index contributed by atoms with van der Waals surface area (Å²) >= 11 is 0. The van der Waals surface area contributed by atoms with Crippen molar-refractivity contribution in [3.8, 4) is 0 Å². The van der Waals surface area contributed by atoms with Crippen LogP contribution in [0.2, 0.25) is 0 Å².